The topological polar surface area (TPSA) is 55.5 Å². The molecule has 118 valence electrons. The number of aliphatic hydroxyl groups excluding tert-OH is 1. The molecule has 0 fully saturated rings. The fourth-order valence-electron chi connectivity index (χ4n) is 2.26. The summed E-state index contributed by atoms with van der Waals surface area (Å²) in [5.41, 5.74) is 2.52. The standard InChI is InChI=1S/C18H16ClNO3/c1-12-18(14-5-7-15(19)8-6-14)23-17(20-12)11-22-16-4-2-3-13(9-16)10-21/h2-9,21H,10-11H2,1H3. The van der Waals surface area contributed by atoms with E-state index in [4.69, 9.17) is 25.9 Å². The molecule has 3 rings (SSSR count). The Hall–Kier alpha value is -2.30. The molecular formula is C18H16ClNO3. The lowest BCUT2D eigenvalue weighted by molar-refractivity contribution is 0.260. The fourth-order valence-corrected chi connectivity index (χ4v) is 2.39. The molecule has 0 saturated heterocycles. The SMILES string of the molecule is Cc1nc(COc2cccc(CO)c2)oc1-c1ccc(Cl)cc1. The zero-order valence-corrected chi connectivity index (χ0v) is 13.4. The van der Waals surface area contributed by atoms with E-state index >= 15 is 0 Å². The van der Waals surface area contributed by atoms with Crippen molar-refractivity contribution in [2.45, 2.75) is 20.1 Å². The minimum Gasteiger partial charge on any atom is -0.484 e. The molecule has 0 amide bonds. The van der Waals surface area contributed by atoms with E-state index < -0.39 is 0 Å². The molecule has 0 atom stereocenters. The van der Waals surface area contributed by atoms with E-state index in [1.54, 1.807) is 6.07 Å². The van der Waals surface area contributed by atoms with Crippen LogP contribution >= 0.6 is 11.6 Å². The van der Waals surface area contributed by atoms with Gasteiger partial charge in [0, 0.05) is 10.6 Å². The second kappa shape index (κ2) is 6.86. The van der Waals surface area contributed by atoms with E-state index in [2.05, 4.69) is 4.98 Å². The highest BCUT2D eigenvalue weighted by atomic mass is 35.5. The zero-order chi connectivity index (χ0) is 16.2. The first-order valence-electron chi connectivity index (χ1n) is 7.20. The fraction of sp³-hybridized carbons (Fsp3) is 0.167. The average Bonchev–Trinajstić information content (AvgIpc) is 2.95. The van der Waals surface area contributed by atoms with Crippen LogP contribution in [0, 0.1) is 6.92 Å². The molecular weight excluding hydrogens is 314 g/mol. The Bertz CT molecular complexity index is 796. The molecule has 4 nitrogen and oxygen atoms in total. The van der Waals surface area contributed by atoms with Crippen LogP contribution < -0.4 is 4.74 Å². The van der Waals surface area contributed by atoms with Gasteiger partial charge in [0.05, 0.1) is 12.3 Å². The third kappa shape index (κ3) is 3.73. The lowest BCUT2D eigenvalue weighted by Crippen LogP contribution is -1.96. The van der Waals surface area contributed by atoms with Crippen molar-refractivity contribution in [1.82, 2.24) is 4.98 Å². The average molecular weight is 330 g/mol. The van der Waals surface area contributed by atoms with Gasteiger partial charge in [0.25, 0.3) is 0 Å². The minimum absolute atomic E-state index is 0.0178. The highest BCUT2D eigenvalue weighted by Gasteiger charge is 2.12. The Morgan fingerprint density at radius 2 is 1.96 bits per heavy atom. The number of aromatic nitrogens is 1. The van der Waals surface area contributed by atoms with Crippen molar-refractivity contribution in [3.63, 3.8) is 0 Å². The van der Waals surface area contributed by atoms with Gasteiger partial charge in [-0.25, -0.2) is 4.98 Å². The van der Waals surface area contributed by atoms with Crippen molar-refractivity contribution in [3.8, 4) is 17.1 Å². The minimum atomic E-state index is -0.0178. The summed E-state index contributed by atoms with van der Waals surface area (Å²) >= 11 is 5.90. The summed E-state index contributed by atoms with van der Waals surface area (Å²) in [6.07, 6.45) is 0. The molecule has 0 spiro atoms. The number of aryl methyl sites for hydroxylation is 1. The number of hydrogen-bond acceptors (Lipinski definition) is 4. The molecule has 0 bridgehead atoms. The van der Waals surface area contributed by atoms with E-state index in [1.165, 1.54) is 0 Å². The predicted molar refractivity (Wildman–Crippen MR) is 88.4 cm³/mol. The molecule has 0 aliphatic carbocycles. The third-order valence-electron chi connectivity index (χ3n) is 3.39. The number of halogens is 1. The lowest BCUT2D eigenvalue weighted by atomic mass is 10.1. The van der Waals surface area contributed by atoms with Crippen LogP contribution in [0.4, 0.5) is 0 Å². The Balaban J connectivity index is 1.74. The van der Waals surface area contributed by atoms with E-state index in [1.807, 2.05) is 49.4 Å². The maximum absolute atomic E-state index is 9.14. The normalized spacial score (nSPS) is 10.7. The van der Waals surface area contributed by atoms with Gasteiger partial charge in [-0.05, 0) is 48.9 Å². The van der Waals surface area contributed by atoms with Crippen LogP contribution in [0.5, 0.6) is 5.75 Å². The van der Waals surface area contributed by atoms with Crippen LogP contribution in [0.3, 0.4) is 0 Å². The molecule has 1 N–H and O–H groups in total. The van der Waals surface area contributed by atoms with Crippen LogP contribution in [0.25, 0.3) is 11.3 Å². The van der Waals surface area contributed by atoms with Crippen molar-refractivity contribution in [2.24, 2.45) is 0 Å². The van der Waals surface area contributed by atoms with Crippen LogP contribution in [0.2, 0.25) is 5.02 Å². The number of aliphatic hydroxyl groups is 1. The lowest BCUT2D eigenvalue weighted by Gasteiger charge is -2.04. The van der Waals surface area contributed by atoms with Gasteiger partial charge in [0.15, 0.2) is 12.4 Å². The van der Waals surface area contributed by atoms with Crippen molar-refractivity contribution in [2.75, 3.05) is 0 Å². The van der Waals surface area contributed by atoms with E-state index in [0.29, 0.717) is 22.4 Å². The Labute approximate surface area is 139 Å². The molecule has 23 heavy (non-hydrogen) atoms. The molecule has 0 saturated carbocycles. The largest absolute Gasteiger partial charge is 0.484 e. The Morgan fingerprint density at radius 1 is 1.17 bits per heavy atom. The molecule has 1 heterocycles. The molecule has 3 aromatic rings. The molecule has 1 aromatic heterocycles. The van der Waals surface area contributed by atoms with Crippen LogP contribution in [-0.2, 0) is 13.2 Å². The van der Waals surface area contributed by atoms with Crippen molar-refractivity contribution < 1.29 is 14.3 Å². The maximum Gasteiger partial charge on any atom is 0.233 e. The van der Waals surface area contributed by atoms with E-state index in [-0.39, 0.29) is 13.2 Å². The van der Waals surface area contributed by atoms with Crippen LogP contribution in [-0.4, -0.2) is 10.1 Å². The van der Waals surface area contributed by atoms with E-state index in [0.717, 1.165) is 16.8 Å². The number of nitrogens with zero attached hydrogens (tertiary/aromatic N) is 1. The van der Waals surface area contributed by atoms with Gasteiger partial charge in [-0.15, -0.1) is 0 Å². The number of ether oxygens (including phenoxy) is 1. The summed E-state index contributed by atoms with van der Waals surface area (Å²) in [5, 5.41) is 9.82. The van der Waals surface area contributed by atoms with Gasteiger partial charge in [-0.1, -0.05) is 23.7 Å². The van der Waals surface area contributed by atoms with Crippen molar-refractivity contribution in [1.29, 1.82) is 0 Å². The molecule has 0 aliphatic rings. The smallest absolute Gasteiger partial charge is 0.233 e. The first-order valence-corrected chi connectivity index (χ1v) is 7.58. The summed E-state index contributed by atoms with van der Waals surface area (Å²) in [6, 6.07) is 14.7. The molecule has 0 radical (unpaired) electrons. The van der Waals surface area contributed by atoms with Gasteiger partial charge < -0.3 is 14.3 Å². The maximum atomic E-state index is 9.14. The number of rotatable bonds is 5. The number of oxazole rings is 1. The summed E-state index contributed by atoms with van der Waals surface area (Å²) in [5.74, 6) is 1.88. The predicted octanol–water partition coefficient (Wildman–Crippen LogP) is 4.37. The quantitative estimate of drug-likeness (QED) is 0.755. The Kier molecular flexibility index (Phi) is 4.65. The van der Waals surface area contributed by atoms with Crippen molar-refractivity contribution >= 4 is 11.6 Å². The number of benzene rings is 2. The summed E-state index contributed by atoms with van der Waals surface area (Å²) < 4.78 is 11.5. The second-order valence-electron chi connectivity index (χ2n) is 5.12. The second-order valence-corrected chi connectivity index (χ2v) is 5.56. The monoisotopic (exact) mass is 329 g/mol. The van der Waals surface area contributed by atoms with Gasteiger partial charge in [0.1, 0.15) is 5.75 Å². The van der Waals surface area contributed by atoms with Crippen LogP contribution in [0.15, 0.2) is 52.9 Å². The van der Waals surface area contributed by atoms with Gasteiger partial charge in [-0.2, -0.15) is 0 Å². The van der Waals surface area contributed by atoms with E-state index in [9.17, 15) is 0 Å². The van der Waals surface area contributed by atoms with Crippen molar-refractivity contribution in [3.05, 3.63) is 70.7 Å². The van der Waals surface area contributed by atoms with Gasteiger partial charge in [-0.3, -0.25) is 0 Å². The summed E-state index contributed by atoms with van der Waals surface area (Å²) in [6.45, 7) is 2.10. The number of hydrogen-bond donors (Lipinski definition) is 1. The highest BCUT2D eigenvalue weighted by molar-refractivity contribution is 6.30. The first-order chi connectivity index (χ1) is 11.2. The molecule has 2 aromatic carbocycles. The van der Waals surface area contributed by atoms with Gasteiger partial charge >= 0.3 is 0 Å². The summed E-state index contributed by atoms with van der Waals surface area (Å²) in [7, 11) is 0. The molecule has 0 aliphatic heterocycles. The first kappa shape index (κ1) is 15.6. The van der Waals surface area contributed by atoms with Crippen LogP contribution in [0.1, 0.15) is 17.1 Å². The molecule has 0 unspecified atom stereocenters. The Morgan fingerprint density at radius 3 is 2.70 bits per heavy atom. The van der Waals surface area contributed by atoms with Gasteiger partial charge in [0.2, 0.25) is 5.89 Å². The third-order valence-corrected chi connectivity index (χ3v) is 3.64. The molecule has 5 heteroatoms. The zero-order valence-electron chi connectivity index (χ0n) is 12.6. The highest BCUT2D eigenvalue weighted by Crippen LogP contribution is 2.26. The summed E-state index contributed by atoms with van der Waals surface area (Å²) in [4.78, 5) is 4.39.